The first-order valence-electron chi connectivity index (χ1n) is 9.43. The Morgan fingerprint density at radius 1 is 1.19 bits per heavy atom. The molecule has 0 unspecified atom stereocenters. The highest BCUT2D eigenvalue weighted by Gasteiger charge is 2.22. The molecule has 0 radical (unpaired) electrons. The van der Waals surface area contributed by atoms with E-state index >= 15 is 0 Å². The van der Waals surface area contributed by atoms with Crippen molar-refractivity contribution in [3.05, 3.63) is 71.1 Å². The maximum absolute atomic E-state index is 13.3. The molecule has 0 spiro atoms. The minimum Gasteiger partial charge on any atom is -0.360 e. The average Bonchev–Trinajstić information content (AvgIpc) is 3.32. The highest BCUT2D eigenvalue weighted by atomic mass is 19.1. The minimum atomic E-state index is -0.269. The molecular formula is C21H22FN3O2. The molecule has 6 heteroatoms. The molecule has 0 amide bonds. The van der Waals surface area contributed by atoms with Crippen molar-refractivity contribution in [1.82, 2.24) is 14.9 Å². The molecule has 5 nitrogen and oxygen atoms in total. The van der Waals surface area contributed by atoms with Crippen LogP contribution in [0.2, 0.25) is 0 Å². The van der Waals surface area contributed by atoms with Crippen LogP contribution in [-0.4, -0.2) is 20.7 Å². The quantitative estimate of drug-likeness (QED) is 0.601. The first-order chi connectivity index (χ1) is 13.2. The number of hydrogen-bond acceptors (Lipinski definition) is 4. The molecule has 1 aromatic carbocycles. The number of benzene rings is 1. The van der Waals surface area contributed by atoms with Gasteiger partial charge >= 0.3 is 0 Å². The molecule has 0 aliphatic heterocycles. The summed E-state index contributed by atoms with van der Waals surface area (Å²) in [6.45, 7) is 0.460. The van der Waals surface area contributed by atoms with Gasteiger partial charge in [0.1, 0.15) is 17.3 Å². The minimum absolute atomic E-state index is 0.0777. The summed E-state index contributed by atoms with van der Waals surface area (Å²) in [6.07, 6.45) is 9.60. The Morgan fingerprint density at radius 3 is 2.85 bits per heavy atom. The van der Waals surface area contributed by atoms with Crippen molar-refractivity contribution in [3.8, 4) is 0 Å². The lowest BCUT2D eigenvalue weighted by Gasteiger charge is -2.18. The van der Waals surface area contributed by atoms with Gasteiger partial charge in [0.2, 0.25) is 0 Å². The van der Waals surface area contributed by atoms with Gasteiger partial charge in [-0.2, -0.15) is 5.10 Å². The van der Waals surface area contributed by atoms with Gasteiger partial charge in [0.05, 0.1) is 12.7 Å². The van der Waals surface area contributed by atoms with E-state index in [4.69, 9.17) is 4.52 Å². The van der Waals surface area contributed by atoms with Crippen LogP contribution in [0.4, 0.5) is 4.39 Å². The topological polar surface area (TPSA) is 60.9 Å². The smallest absolute Gasteiger partial charge is 0.189 e. The molecule has 2 heterocycles. The third-order valence-corrected chi connectivity index (χ3v) is 5.11. The van der Waals surface area contributed by atoms with Crippen molar-refractivity contribution in [2.24, 2.45) is 0 Å². The molecule has 0 N–H and O–H groups in total. The number of carbonyl (C=O) groups excluding carboxylic acids is 1. The van der Waals surface area contributed by atoms with E-state index in [2.05, 4.69) is 10.3 Å². The summed E-state index contributed by atoms with van der Waals surface area (Å²) in [5.41, 5.74) is 2.01. The van der Waals surface area contributed by atoms with Crippen LogP contribution in [-0.2, 0) is 13.0 Å². The van der Waals surface area contributed by atoms with Crippen LogP contribution in [0.5, 0.6) is 0 Å². The summed E-state index contributed by atoms with van der Waals surface area (Å²) in [7, 11) is 0. The molecule has 4 rings (SSSR count). The van der Waals surface area contributed by atoms with Gasteiger partial charge in [0.25, 0.3) is 0 Å². The first kappa shape index (κ1) is 17.6. The van der Waals surface area contributed by atoms with Gasteiger partial charge in [-0.25, -0.2) is 4.39 Å². The molecule has 1 aliphatic carbocycles. The number of ketones is 1. The van der Waals surface area contributed by atoms with E-state index in [1.54, 1.807) is 23.0 Å². The number of Topliss-reactive ketones (excluding diaryl/α,β-unsaturated/α-hetero) is 1. The molecular weight excluding hydrogens is 345 g/mol. The van der Waals surface area contributed by atoms with E-state index in [0.717, 1.165) is 29.7 Å². The van der Waals surface area contributed by atoms with Gasteiger partial charge in [0, 0.05) is 24.6 Å². The number of halogens is 1. The molecule has 1 saturated carbocycles. The lowest BCUT2D eigenvalue weighted by Crippen LogP contribution is -2.05. The van der Waals surface area contributed by atoms with Crippen LogP contribution in [0.1, 0.15) is 65.4 Å². The Morgan fingerprint density at radius 2 is 2.04 bits per heavy atom. The average molecular weight is 367 g/mol. The highest BCUT2D eigenvalue weighted by molar-refractivity contribution is 5.95. The largest absolute Gasteiger partial charge is 0.360 e. The summed E-state index contributed by atoms with van der Waals surface area (Å²) in [4.78, 5) is 12.5. The normalized spacial score (nSPS) is 15.1. The zero-order chi connectivity index (χ0) is 18.6. The van der Waals surface area contributed by atoms with E-state index in [0.29, 0.717) is 18.2 Å². The van der Waals surface area contributed by atoms with Crippen LogP contribution in [0.15, 0.2) is 47.2 Å². The van der Waals surface area contributed by atoms with Gasteiger partial charge < -0.3 is 4.52 Å². The third kappa shape index (κ3) is 4.32. The van der Waals surface area contributed by atoms with Crippen LogP contribution >= 0.6 is 0 Å². The molecule has 1 aliphatic rings. The molecule has 0 saturated heterocycles. The van der Waals surface area contributed by atoms with Crippen LogP contribution < -0.4 is 0 Å². The van der Waals surface area contributed by atoms with Crippen molar-refractivity contribution in [3.63, 3.8) is 0 Å². The van der Waals surface area contributed by atoms with Gasteiger partial charge in [-0.1, -0.05) is 36.6 Å². The second-order valence-corrected chi connectivity index (χ2v) is 7.23. The van der Waals surface area contributed by atoms with E-state index in [9.17, 15) is 9.18 Å². The lowest BCUT2D eigenvalue weighted by atomic mass is 9.87. The number of hydrogen-bond donors (Lipinski definition) is 0. The van der Waals surface area contributed by atoms with Gasteiger partial charge in [0.15, 0.2) is 5.78 Å². The zero-order valence-corrected chi connectivity index (χ0v) is 15.1. The predicted molar refractivity (Wildman–Crippen MR) is 98.1 cm³/mol. The molecule has 27 heavy (non-hydrogen) atoms. The number of nitrogens with zero attached hydrogens (tertiary/aromatic N) is 3. The number of aromatic nitrogens is 3. The fraction of sp³-hybridized carbons (Fsp3) is 0.381. The monoisotopic (exact) mass is 367 g/mol. The maximum Gasteiger partial charge on any atom is 0.189 e. The van der Waals surface area contributed by atoms with Gasteiger partial charge in [-0.15, -0.1) is 0 Å². The first-order valence-corrected chi connectivity index (χ1v) is 9.43. The SMILES string of the molecule is O=C(Cc1cnn(Cc2cccc(F)c2)c1)c1cc(C2CCCCC2)on1. The van der Waals surface area contributed by atoms with Crippen molar-refractivity contribution < 1.29 is 13.7 Å². The number of carbonyl (C=O) groups is 1. The Hall–Kier alpha value is -2.76. The molecule has 2 aromatic heterocycles. The van der Waals surface area contributed by atoms with E-state index in [1.807, 2.05) is 12.3 Å². The van der Waals surface area contributed by atoms with Crippen molar-refractivity contribution >= 4 is 5.78 Å². The standard InChI is InChI=1S/C21H22FN3O2/c22-18-8-4-5-15(9-18)13-25-14-16(12-23-25)10-20(26)19-11-21(27-24-19)17-6-2-1-3-7-17/h4-5,8-9,11-12,14,17H,1-3,6-7,10,13H2. The Kier molecular flexibility index (Phi) is 5.14. The third-order valence-electron chi connectivity index (χ3n) is 5.11. The van der Waals surface area contributed by atoms with E-state index < -0.39 is 0 Å². The van der Waals surface area contributed by atoms with Gasteiger partial charge in [-0.05, 0) is 36.1 Å². The Balaban J connectivity index is 1.38. The predicted octanol–water partition coefficient (Wildman–Crippen LogP) is 4.53. The molecule has 140 valence electrons. The molecule has 0 bridgehead atoms. The zero-order valence-electron chi connectivity index (χ0n) is 15.1. The summed E-state index contributed by atoms with van der Waals surface area (Å²) < 4.78 is 20.4. The van der Waals surface area contributed by atoms with Crippen molar-refractivity contribution in [2.45, 2.75) is 51.0 Å². The van der Waals surface area contributed by atoms with Gasteiger partial charge in [-0.3, -0.25) is 9.48 Å². The summed E-state index contributed by atoms with van der Waals surface area (Å²) >= 11 is 0. The fourth-order valence-corrected chi connectivity index (χ4v) is 3.68. The molecule has 0 atom stereocenters. The summed E-state index contributed by atoms with van der Waals surface area (Å²) in [6, 6.07) is 8.21. The van der Waals surface area contributed by atoms with Crippen LogP contribution in [0.3, 0.4) is 0 Å². The molecule has 1 fully saturated rings. The molecule has 3 aromatic rings. The second kappa shape index (κ2) is 7.86. The van der Waals surface area contributed by atoms with Crippen molar-refractivity contribution in [1.29, 1.82) is 0 Å². The van der Waals surface area contributed by atoms with Crippen LogP contribution in [0.25, 0.3) is 0 Å². The van der Waals surface area contributed by atoms with Crippen LogP contribution in [0, 0.1) is 5.82 Å². The highest BCUT2D eigenvalue weighted by Crippen LogP contribution is 2.32. The summed E-state index contributed by atoms with van der Waals surface area (Å²) in [5, 5.41) is 8.24. The Labute approximate surface area is 157 Å². The lowest BCUT2D eigenvalue weighted by molar-refractivity contribution is 0.0984. The fourth-order valence-electron chi connectivity index (χ4n) is 3.68. The van der Waals surface area contributed by atoms with E-state index in [-0.39, 0.29) is 18.0 Å². The van der Waals surface area contributed by atoms with E-state index in [1.165, 1.54) is 31.4 Å². The maximum atomic E-state index is 13.3. The Bertz CT molecular complexity index is 925. The number of rotatable bonds is 6. The summed E-state index contributed by atoms with van der Waals surface area (Å²) in [5.74, 6) is 0.877. The van der Waals surface area contributed by atoms with Crippen molar-refractivity contribution in [2.75, 3.05) is 0 Å². The second-order valence-electron chi connectivity index (χ2n) is 7.23.